The maximum absolute atomic E-state index is 11.1. The molecule has 1 N–H and O–H groups in total. The zero-order chi connectivity index (χ0) is 8.97. The molecular weight excluding hydrogens is 151 g/mol. The molecule has 1 heterocycles. The minimum atomic E-state index is -0.118. The molecule has 12 heavy (non-hydrogen) atoms. The summed E-state index contributed by atoms with van der Waals surface area (Å²) in [5.41, 5.74) is 1.31. The molecule has 0 bridgehead atoms. The first kappa shape index (κ1) is 8.78. The smallest absolute Gasteiger partial charge is 0.251 e. The SMILES string of the molecule is [B]Cc1cc(C(=O)NC)ccn1. The molecule has 2 radical (unpaired) electrons. The predicted octanol–water partition coefficient (Wildman–Crippen LogP) is 0.110. The summed E-state index contributed by atoms with van der Waals surface area (Å²) < 4.78 is 0. The predicted molar refractivity (Wildman–Crippen MR) is 47.1 cm³/mol. The third kappa shape index (κ3) is 1.84. The fourth-order valence-electron chi connectivity index (χ4n) is 0.875. The van der Waals surface area contributed by atoms with Crippen LogP contribution >= 0.6 is 0 Å². The zero-order valence-corrected chi connectivity index (χ0v) is 6.87. The highest BCUT2D eigenvalue weighted by Gasteiger charge is 2.02. The second kappa shape index (κ2) is 3.90. The molecule has 0 atom stereocenters. The number of rotatable bonds is 2. The topological polar surface area (TPSA) is 42.0 Å². The molecule has 1 aromatic rings. The monoisotopic (exact) mass is 160 g/mol. The molecule has 1 rings (SSSR count). The van der Waals surface area contributed by atoms with Crippen LogP contribution < -0.4 is 5.32 Å². The zero-order valence-electron chi connectivity index (χ0n) is 6.87. The van der Waals surface area contributed by atoms with Crippen LogP contribution in [0.25, 0.3) is 0 Å². The first-order valence-electron chi connectivity index (χ1n) is 3.65. The van der Waals surface area contributed by atoms with Gasteiger partial charge in [0.15, 0.2) is 0 Å². The second-order valence-corrected chi connectivity index (χ2v) is 2.32. The highest BCUT2D eigenvalue weighted by molar-refractivity contribution is 6.08. The summed E-state index contributed by atoms with van der Waals surface area (Å²) in [6.07, 6.45) is 1.93. The maximum atomic E-state index is 11.1. The molecule has 60 valence electrons. The molecule has 1 amide bonds. The van der Waals surface area contributed by atoms with Gasteiger partial charge in [0.05, 0.1) is 7.85 Å². The normalized spacial score (nSPS) is 9.42. The van der Waals surface area contributed by atoms with E-state index in [1.54, 1.807) is 25.4 Å². The lowest BCUT2D eigenvalue weighted by atomic mass is 10.0. The lowest BCUT2D eigenvalue weighted by Gasteiger charge is -2.00. The molecule has 0 saturated heterocycles. The highest BCUT2D eigenvalue weighted by Crippen LogP contribution is 2.00. The van der Waals surface area contributed by atoms with Crippen molar-refractivity contribution in [1.82, 2.24) is 10.3 Å². The molecule has 4 heteroatoms. The Hall–Kier alpha value is -1.32. The van der Waals surface area contributed by atoms with Crippen LogP contribution in [0.15, 0.2) is 18.3 Å². The number of hydrogen-bond donors (Lipinski definition) is 1. The van der Waals surface area contributed by atoms with E-state index in [-0.39, 0.29) is 5.91 Å². The minimum absolute atomic E-state index is 0.118. The van der Waals surface area contributed by atoms with Crippen LogP contribution in [0.2, 0.25) is 0 Å². The molecule has 0 aliphatic rings. The second-order valence-electron chi connectivity index (χ2n) is 2.32. The van der Waals surface area contributed by atoms with Crippen molar-refractivity contribution in [2.45, 2.75) is 6.32 Å². The Labute approximate surface area is 72.6 Å². The molecule has 0 fully saturated rings. The van der Waals surface area contributed by atoms with Gasteiger partial charge in [-0.3, -0.25) is 9.78 Å². The van der Waals surface area contributed by atoms with Gasteiger partial charge >= 0.3 is 0 Å². The van der Waals surface area contributed by atoms with Gasteiger partial charge in [-0.05, 0) is 18.5 Å². The summed E-state index contributed by atoms with van der Waals surface area (Å²) in [6, 6.07) is 3.33. The van der Waals surface area contributed by atoms with E-state index in [4.69, 9.17) is 7.85 Å². The lowest BCUT2D eigenvalue weighted by Crippen LogP contribution is -2.18. The summed E-state index contributed by atoms with van der Waals surface area (Å²) in [6.45, 7) is 0. The molecule has 0 spiro atoms. The van der Waals surface area contributed by atoms with Crippen LogP contribution in [0, 0.1) is 0 Å². The minimum Gasteiger partial charge on any atom is -0.355 e. The summed E-state index contributed by atoms with van der Waals surface area (Å²) in [4.78, 5) is 15.1. The molecule has 0 aliphatic heterocycles. The van der Waals surface area contributed by atoms with Crippen molar-refractivity contribution < 1.29 is 4.79 Å². The van der Waals surface area contributed by atoms with Crippen molar-refractivity contribution >= 4 is 13.8 Å². The molecule has 1 aromatic heterocycles. The number of nitrogens with one attached hydrogen (secondary N) is 1. The largest absolute Gasteiger partial charge is 0.355 e. The van der Waals surface area contributed by atoms with Gasteiger partial charge < -0.3 is 5.32 Å². The standard InChI is InChI=1S/C8H9BN2O/c1-10-8(12)6-2-3-11-7(4-6)5-9/h2-4H,5H2,1H3,(H,10,12). The molecule has 0 saturated carbocycles. The van der Waals surface area contributed by atoms with Crippen molar-refractivity contribution in [1.29, 1.82) is 0 Å². The van der Waals surface area contributed by atoms with E-state index in [1.807, 2.05) is 0 Å². The number of carbonyl (C=O) groups excluding carboxylic acids is 1. The summed E-state index contributed by atoms with van der Waals surface area (Å²) in [5.74, 6) is -0.118. The van der Waals surface area contributed by atoms with Gasteiger partial charge in [-0.25, -0.2) is 0 Å². The molecule has 0 aliphatic carbocycles. The van der Waals surface area contributed by atoms with Gasteiger partial charge in [-0.1, -0.05) is 0 Å². The van der Waals surface area contributed by atoms with E-state index in [0.29, 0.717) is 11.9 Å². The van der Waals surface area contributed by atoms with Crippen LogP contribution in [-0.2, 0) is 6.32 Å². The Balaban J connectivity index is 2.93. The third-order valence-electron chi connectivity index (χ3n) is 1.51. The van der Waals surface area contributed by atoms with E-state index in [0.717, 1.165) is 5.69 Å². The average molecular weight is 160 g/mol. The van der Waals surface area contributed by atoms with Crippen molar-refractivity contribution in [2.75, 3.05) is 7.05 Å². The van der Waals surface area contributed by atoms with Gasteiger partial charge in [0.1, 0.15) is 0 Å². The van der Waals surface area contributed by atoms with Crippen LogP contribution in [0.1, 0.15) is 16.1 Å². The van der Waals surface area contributed by atoms with Gasteiger partial charge in [-0.2, -0.15) is 0 Å². The van der Waals surface area contributed by atoms with E-state index in [9.17, 15) is 4.79 Å². The van der Waals surface area contributed by atoms with Crippen molar-refractivity contribution in [3.63, 3.8) is 0 Å². The van der Waals surface area contributed by atoms with Crippen molar-refractivity contribution in [3.05, 3.63) is 29.6 Å². The molecule has 0 unspecified atom stereocenters. The average Bonchev–Trinajstić information content (AvgIpc) is 2.17. The number of nitrogens with zero attached hydrogens (tertiary/aromatic N) is 1. The molecular formula is C8H9BN2O. The van der Waals surface area contributed by atoms with Gasteiger partial charge in [0.25, 0.3) is 5.91 Å². The van der Waals surface area contributed by atoms with E-state index in [2.05, 4.69) is 10.3 Å². The van der Waals surface area contributed by atoms with E-state index >= 15 is 0 Å². The fraction of sp³-hybridized carbons (Fsp3) is 0.250. The van der Waals surface area contributed by atoms with Gasteiger partial charge in [0.2, 0.25) is 0 Å². The Morgan fingerprint density at radius 1 is 1.75 bits per heavy atom. The Morgan fingerprint density at radius 2 is 2.50 bits per heavy atom. The summed E-state index contributed by atoms with van der Waals surface area (Å²) >= 11 is 0. The Kier molecular flexibility index (Phi) is 2.85. The fourth-order valence-corrected chi connectivity index (χ4v) is 0.875. The van der Waals surface area contributed by atoms with Crippen LogP contribution in [0.3, 0.4) is 0 Å². The first-order valence-corrected chi connectivity index (χ1v) is 3.65. The van der Waals surface area contributed by atoms with E-state index < -0.39 is 0 Å². The summed E-state index contributed by atoms with van der Waals surface area (Å²) in [7, 11) is 6.95. The third-order valence-corrected chi connectivity index (χ3v) is 1.51. The molecule has 0 aromatic carbocycles. The van der Waals surface area contributed by atoms with E-state index in [1.165, 1.54) is 0 Å². The van der Waals surface area contributed by atoms with Crippen LogP contribution in [-0.4, -0.2) is 25.8 Å². The number of carbonyl (C=O) groups is 1. The maximum Gasteiger partial charge on any atom is 0.251 e. The number of amides is 1. The Bertz CT molecular complexity index is 288. The Morgan fingerprint density at radius 3 is 3.08 bits per heavy atom. The van der Waals surface area contributed by atoms with Gasteiger partial charge in [0, 0.05) is 24.5 Å². The quantitative estimate of drug-likeness (QED) is 0.623. The molecule has 3 nitrogen and oxygen atoms in total. The first-order chi connectivity index (χ1) is 5.77. The lowest BCUT2D eigenvalue weighted by molar-refractivity contribution is 0.0963. The summed E-state index contributed by atoms with van der Waals surface area (Å²) in [5, 5.41) is 2.53. The van der Waals surface area contributed by atoms with Crippen molar-refractivity contribution in [2.24, 2.45) is 0 Å². The number of hydrogen-bond acceptors (Lipinski definition) is 2. The number of pyridine rings is 1. The highest BCUT2D eigenvalue weighted by atomic mass is 16.1. The number of aromatic nitrogens is 1. The van der Waals surface area contributed by atoms with Crippen LogP contribution in [0.5, 0.6) is 0 Å². The van der Waals surface area contributed by atoms with Crippen molar-refractivity contribution in [3.8, 4) is 0 Å². The van der Waals surface area contributed by atoms with Gasteiger partial charge in [-0.15, -0.1) is 0 Å². The van der Waals surface area contributed by atoms with Crippen LogP contribution in [0.4, 0.5) is 0 Å².